The monoisotopic (exact) mass is 242 g/mol. The molecular weight excluding hydrogens is 232 g/mol. The van der Waals surface area contributed by atoms with Gasteiger partial charge in [-0.25, -0.2) is 0 Å². The highest BCUT2D eigenvalue weighted by Crippen LogP contribution is 2.23. The van der Waals surface area contributed by atoms with Crippen LogP contribution in [-0.2, 0) is 0 Å². The fraction of sp³-hybridized carbons (Fsp3) is 0.167. The maximum Gasteiger partial charge on any atom is 0.247 e. The number of nitrogens with zero attached hydrogens (tertiary/aromatic N) is 4. The highest BCUT2D eigenvalue weighted by molar-refractivity contribution is 5.64. The summed E-state index contributed by atoms with van der Waals surface area (Å²) in [5.41, 5.74) is 1.68. The highest BCUT2D eigenvalue weighted by atomic mass is 16.5. The van der Waals surface area contributed by atoms with E-state index in [0.717, 1.165) is 11.1 Å². The number of aromatic nitrogens is 4. The van der Waals surface area contributed by atoms with Crippen molar-refractivity contribution in [3.05, 3.63) is 36.0 Å². The predicted octanol–water partition coefficient (Wildman–Crippen LogP) is 2.40. The molecule has 0 saturated heterocycles. The van der Waals surface area contributed by atoms with Crippen molar-refractivity contribution in [2.45, 2.75) is 13.8 Å². The van der Waals surface area contributed by atoms with Crippen molar-refractivity contribution in [3.8, 4) is 22.8 Å². The lowest BCUT2D eigenvalue weighted by atomic mass is 10.1. The smallest absolute Gasteiger partial charge is 0.247 e. The van der Waals surface area contributed by atoms with E-state index in [4.69, 9.17) is 8.94 Å². The number of benzene rings is 1. The lowest BCUT2D eigenvalue weighted by molar-refractivity contribution is 0.394. The molecule has 0 unspecified atom stereocenters. The van der Waals surface area contributed by atoms with E-state index in [2.05, 4.69) is 20.3 Å². The lowest BCUT2D eigenvalue weighted by Crippen LogP contribution is -1.83. The summed E-state index contributed by atoms with van der Waals surface area (Å²) >= 11 is 0. The molecule has 0 radical (unpaired) electrons. The first-order valence-electron chi connectivity index (χ1n) is 5.43. The van der Waals surface area contributed by atoms with Crippen molar-refractivity contribution in [2.24, 2.45) is 0 Å². The molecule has 0 aliphatic rings. The van der Waals surface area contributed by atoms with Crippen LogP contribution in [0.5, 0.6) is 0 Å². The van der Waals surface area contributed by atoms with Gasteiger partial charge in [0.15, 0.2) is 0 Å². The molecule has 18 heavy (non-hydrogen) atoms. The maximum atomic E-state index is 5.38. The first-order chi connectivity index (χ1) is 8.72. The second kappa shape index (κ2) is 4.06. The summed E-state index contributed by atoms with van der Waals surface area (Å²) < 4.78 is 10.3. The van der Waals surface area contributed by atoms with Gasteiger partial charge < -0.3 is 8.94 Å². The molecule has 0 N–H and O–H groups in total. The summed E-state index contributed by atoms with van der Waals surface area (Å²) in [6.45, 7) is 3.50. The third-order valence-electron chi connectivity index (χ3n) is 2.42. The SMILES string of the molecule is Cc1nc(-c2cccc(-c3nnc(C)o3)c2)no1. The van der Waals surface area contributed by atoms with E-state index in [9.17, 15) is 0 Å². The first kappa shape index (κ1) is 10.6. The highest BCUT2D eigenvalue weighted by Gasteiger charge is 2.10. The van der Waals surface area contributed by atoms with Crippen LogP contribution in [0.4, 0.5) is 0 Å². The van der Waals surface area contributed by atoms with E-state index < -0.39 is 0 Å². The van der Waals surface area contributed by atoms with Crippen molar-refractivity contribution >= 4 is 0 Å². The minimum absolute atomic E-state index is 0.481. The summed E-state index contributed by atoms with van der Waals surface area (Å²) in [5, 5.41) is 11.7. The van der Waals surface area contributed by atoms with E-state index in [1.54, 1.807) is 13.8 Å². The molecule has 0 aliphatic heterocycles. The second-order valence-corrected chi connectivity index (χ2v) is 3.84. The van der Waals surface area contributed by atoms with Crippen molar-refractivity contribution in [3.63, 3.8) is 0 Å². The van der Waals surface area contributed by atoms with Gasteiger partial charge in [-0.2, -0.15) is 4.98 Å². The molecule has 0 bridgehead atoms. The molecule has 0 amide bonds. The molecular formula is C12H10N4O2. The summed E-state index contributed by atoms with van der Waals surface area (Å²) in [6.07, 6.45) is 0. The quantitative estimate of drug-likeness (QED) is 0.686. The Hall–Kier alpha value is -2.50. The van der Waals surface area contributed by atoms with Gasteiger partial charge in [0.05, 0.1) is 0 Å². The van der Waals surface area contributed by atoms with Crippen molar-refractivity contribution < 1.29 is 8.94 Å². The molecule has 2 heterocycles. The average molecular weight is 242 g/mol. The zero-order chi connectivity index (χ0) is 12.5. The van der Waals surface area contributed by atoms with Crippen LogP contribution in [0.15, 0.2) is 33.2 Å². The number of aryl methyl sites for hydroxylation is 2. The minimum Gasteiger partial charge on any atom is -0.421 e. The number of hydrogen-bond donors (Lipinski definition) is 0. The Morgan fingerprint density at radius 2 is 1.83 bits per heavy atom. The van der Waals surface area contributed by atoms with Gasteiger partial charge in [-0.15, -0.1) is 10.2 Å². The van der Waals surface area contributed by atoms with Gasteiger partial charge in [-0.05, 0) is 12.1 Å². The van der Waals surface area contributed by atoms with Gasteiger partial charge in [0.2, 0.25) is 23.5 Å². The molecule has 90 valence electrons. The van der Waals surface area contributed by atoms with Gasteiger partial charge in [-0.1, -0.05) is 17.3 Å². The van der Waals surface area contributed by atoms with Crippen LogP contribution >= 0.6 is 0 Å². The van der Waals surface area contributed by atoms with E-state index in [1.165, 1.54) is 0 Å². The van der Waals surface area contributed by atoms with Crippen molar-refractivity contribution in [1.29, 1.82) is 0 Å². The largest absolute Gasteiger partial charge is 0.421 e. The molecule has 3 aromatic rings. The van der Waals surface area contributed by atoms with E-state index >= 15 is 0 Å². The van der Waals surface area contributed by atoms with Crippen LogP contribution in [0.1, 0.15) is 11.8 Å². The zero-order valence-electron chi connectivity index (χ0n) is 9.91. The standard InChI is InChI=1S/C12H10N4O2/c1-7-13-11(16-18-7)9-4-3-5-10(6-9)12-15-14-8(2)17-12/h3-6H,1-2H3. The minimum atomic E-state index is 0.481. The summed E-state index contributed by atoms with van der Waals surface area (Å²) in [4.78, 5) is 4.18. The molecule has 0 fully saturated rings. The summed E-state index contributed by atoms with van der Waals surface area (Å²) in [7, 11) is 0. The third kappa shape index (κ3) is 1.88. The normalized spacial score (nSPS) is 10.8. The number of rotatable bonds is 2. The third-order valence-corrected chi connectivity index (χ3v) is 2.42. The van der Waals surface area contributed by atoms with Crippen LogP contribution in [0.2, 0.25) is 0 Å². The molecule has 3 rings (SSSR count). The maximum absolute atomic E-state index is 5.38. The molecule has 0 saturated carbocycles. The molecule has 6 heteroatoms. The Labute approximate surface area is 103 Å². The number of hydrogen-bond acceptors (Lipinski definition) is 6. The molecule has 0 atom stereocenters. The Kier molecular flexibility index (Phi) is 2.40. The Balaban J connectivity index is 2.04. The van der Waals surface area contributed by atoms with Crippen LogP contribution in [0.25, 0.3) is 22.8 Å². The molecule has 0 spiro atoms. The van der Waals surface area contributed by atoms with Gasteiger partial charge in [0, 0.05) is 25.0 Å². The Morgan fingerprint density at radius 3 is 2.50 bits per heavy atom. The fourth-order valence-corrected chi connectivity index (χ4v) is 1.62. The van der Waals surface area contributed by atoms with Crippen LogP contribution in [0, 0.1) is 13.8 Å². The van der Waals surface area contributed by atoms with Gasteiger partial charge in [0.25, 0.3) is 0 Å². The van der Waals surface area contributed by atoms with Gasteiger partial charge >= 0.3 is 0 Å². The predicted molar refractivity (Wildman–Crippen MR) is 62.5 cm³/mol. The van der Waals surface area contributed by atoms with E-state index in [-0.39, 0.29) is 0 Å². The molecule has 1 aromatic carbocycles. The summed E-state index contributed by atoms with van der Waals surface area (Å²) in [6, 6.07) is 7.56. The van der Waals surface area contributed by atoms with Gasteiger partial charge in [0.1, 0.15) is 0 Å². The van der Waals surface area contributed by atoms with E-state index in [0.29, 0.717) is 23.5 Å². The first-order valence-corrected chi connectivity index (χ1v) is 5.43. The fourth-order valence-electron chi connectivity index (χ4n) is 1.62. The van der Waals surface area contributed by atoms with E-state index in [1.807, 2.05) is 24.3 Å². The Morgan fingerprint density at radius 1 is 1.00 bits per heavy atom. The molecule has 2 aromatic heterocycles. The van der Waals surface area contributed by atoms with Crippen LogP contribution in [0.3, 0.4) is 0 Å². The average Bonchev–Trinajstić information content (AvgIpc) is 2.98. The Bertz CT molecular complexity index is 631. The lowest BCUT2D eigenvalue weighted by Gasteiger charge is -1.97. The van der Waals surface area contributed by atoms with Crippen molar-refractivity contribution in [1.82, 2.24) is 20.3 Å². The second-order valence-electron chi connectivity index (χ2n) is 3.84. The molecule has 6 nitrogen and oxygen atoms in total. The van der Waals surface area contributed by atoms with Crippen molar-refractivity contribution in [2.75, 3.05) is 0 Å². The van der Waals surface area contributed by atoms with Crippen LogP contribution in [-0.4, -0.2) is 20.3 Å². The van der Waals surface area contributed by atoms with Crippen LogP contribution < -0.4 is 0 Å². The molecule has 0 aliphatic carbocycles. The summed E-state index contributed by atoms with van der Waals surface area (Å²) in [5.74, 6) is 2.09. The topological polar surface area (TPSA) is 77.8 Å². The van der Waals surface area contributed by atoms with Gasteiger partial charge in [-0.3, -0.25) is 0 Å². The zero-order valence-corrected chi connectivity index (χ0v) is 9.91.